The molecule has 0 unspecified atom stereocenters. The third kappa shape index (κ3) is 5.20. The molecule has 0 N–H and O–H groups in total. The van der Waals surface area contributed by atoms with Gasteiger partial charge in [0.05, 0.1) is 5.56 Å². The van der Waals surface area contributed by atoms with Crippen LogP contribution in [0.15, 0.2) is 54.6 Å². The molecule has 0 aliphatic carbocycles. The van der Waals surface area contributed by atoms with E-state index in [4.69, 9.17) is 4.74 Å². The maximum absolute atomic E-state index is 12.4. The summed E-state index contributed by atoms with van der Waals surface area (Å²) in [5, 5.41) is 0. The highest BCUT2D eigenvalue weighted by molar-refractivity contribution is 6.49. The molecule has 6 nitrogen and oxygen atoms in total. The highest BCUT2D eigenvalue weighted by Crippen LogP contribution is 2.21. The second kappa shape index (κ2) is 9.48. The van der Waals surface area contributed by atoms with Gasteiger partial charge in [-0.05, 0) is 30.4 Å². The van der Waals surface area contributed by atoms with Crippen LogP contribution < -0.4 is 0 Å². The molecule has 0 radical (unpaired) electrons. The lowest BCUT2D eigenvalue weighted by molar-refractivity contribution is -0.137. The second-order valence-corrected chi connectivity index (χ2v) is 7.92. The molecule has 1 aliphatic heterocycles. The Balaban J connectivity index is 1.56. The Kier molecular flexibility index (Phi) is 6.77. The molecule has 6 heteroatoms. The standard InChI is InChI=1S/C24H25NO5/c1-16-12-17(2)14-25(13-16)21(26)15-30-24(29)20-10-8-19(9-11-20)23(28)22(27)18-6-4-3-5-7-18/h3-11,16-17H,12-15H2,1-2H3/t16-,17-/m0/s1. The van der Waals surface area contributed by atoms with Crippen LogP contribution >= 0.6 is 0 Å². The van der Waals surface area contributed by atoms with E-state index in [9.17, 15) is 19.2 Å². The van der Waals surface area contributed by atoms with Gasteiger partial charge in [0, 0.05) is 24.2 Å². The van der Waals surface area contributed by atoms with E-state index in [1.54, 1.807) is 35.2 Å². The smallest absolute Gasteiger partial charge is 0.338 e. The summed E-state index contributed by atoms with van der Waals surface area (Å²) in [6, 6.07) is 14.0. The topological polar surface area (TPSA) is 80.8 Å². The van der Waals surface area contributed by atoms with E-state index in [0.717, 1.165) is 6.42 Å². The number of nitrogens with zero attached hydrogens (tertiary/aromatic N) is 1. The van der Waals surface area contributed by atoms with Gasteiger partial charge in [-0.1, -0.05) is 56.3 Å². The third-order valence-corrected chi connectivity index (χ3v) is 5.17. The van der Waals surface area contributed by atoms with Crippen LogP contribution in [-0.4, -0.2) is 48.0 Å². The molecule has 1 saturated heterocycles. The molecule has 2 atom stereocenters. The highest BCUT2D eigenvalue weighted by atomic mass is 16.5. The van der Waals surface area contributed by atoms with Crippen LogP contribution in [0.4, 0.5) is 0 Å². The first-order valence-electron chi connectivity index (χ1n) is 10.0. The molecule has 2 aromatic carbocycles. The summed E-state index contributed by atoms with van der Waals surface area (Å²) in [7, 11) is 0. The van der Waals surface area contributed by atoms with Crippen molar-refractivity contribution in [2.75, 3.05) is 19.7 Å². The number of carbonyl (C=O) groups excluding carboxylic acids is 4. The minimum atomic E-state index is -0.648. The number of esters is 1. The molecule has 156 valence electrons. The van der Waals surface area contributed by atoms with Crippen molar-refractivity contribution in [2.24, 2.45) is 11.8 Å². The third-order valence-electron chi connectivity index (χ3n) is 5.17. The Morgan fingerprint density at radius 2 is 1.30 bits per heavy atom. The van der Waals surface area contributed by atoms with Crippen LogP contribution in [-0.2, 0) is 9.53 Å². The van der Waals surface area contributed by atoms with Crippen molar-refractivity contribution < 1.29 is 23.9 Å². The summed E-state index contributed by atoms with van der Waals surface area (Å²) in [6.45, 7) is 5.24. The summed E-state index contributed by atoms with van der Waals surface area (Å²) in [5.74, 6) is -1.25. The van der Waals surface area contributed by atoms with E-state index in [2.05, 4.69) is 13.8 Å². The maximum Gasteiger partial charge on any atom is 0.338 e. The average Bonchev–Trinajstić information content (AvgIpc) is 2.76. The Morgan fingerprint density at radius 3 is 1.87 bits per heavy atom. The SMILES string of the molecule is C[C@H]1C[C@H](C)CN(C(=O)COC(=O)c2ccc(C(=O)C(=O)c3ccccc3)cc2)C1. The molecule has 1 amide bonds. The lowest BCUT2D eigenvalue weighted by Gasteiger charge is -2.34. The van der Waals surface area contributed by atoms with E-state index in [1.165, 1.54) is 24.3 Å². The summed E-state index contributed by atoms with van der Waals surface area (Å²) < 4.78 is 5.15. The fraction of sp³-hybridized carbons (Fsp3) is 0.333. The fourth-order valence-corrected chi connectivity index (χ4v) is 3.78. The van der Waals surface area contributed by atoms with Gasteiger partial charge in [0.15, 0.2) is 6.61 Å². The Bertz CT molecular complexity index is 926. The fourth-order valence-electron chi connectivity index (χ4n) is 3.78. The van der Waals surface area contributed by atoms with Crippen molar-refractivity contribution in [1.82, 2.24) is 4.90 Å². The van der Waals surface area contributed by atoms with Crippen molar-refractivity contribution in [3.05, 3.63) is 71.3 Å². The van der Waals surface area contributed by atoms with E-state index in [0.29, 0.717) is 30.5 Å². The zero-order chi connectivity index (χ0) is 21.7. The van der Waals surface area contributed by atoms with Crippen LogP contribution in [0.3, 0.4) is 0 Å². The first-order valence-corrected chi connectivity index (χ1v) is 10.0. The molecule has 0 saturated carbocycles. The number of hydrogen-bond donors (Lipinski definition) is 0. The molecule has 30 heavy (non-hydrogen) atoms. The maximum atomic E-state index is 12.4. The number of ether oxygens (including phenoxy) is 1. The number of ketones is 2. The molecule has 2 aromatic rings. The molecule has 0 bridgehead atoms. The summed E-state index contributed by atoms with van der Waals surface area (Å²) in [5.41, 5.74) is 0.713. The monoisotopic (exact) mass is 407 g/mol. The van der Waals surface area contributed by atoms with Gasteiger partial charge in [-0.2, -0.15) is 0 Å². The predicted molar refractivity (Wildman–Crippen MR) is 111 cm³/mol. The van der Waals surface area contributed by atoms with Gasteiger partial charge in [0.2, 0.25) is 11.6 Å². The normalized spacial score (nSPS) is 18.5. The molecular formula is C24H25NO5. The van der Waals surface area contributed by atoms with Crippen LogP contribution in [0.2, 0.25) is 0 Å². The molecule has 1 heterocycles. The van der Waals surface area contributed by atoms with Gasteiger partial charge in [0.1, 0.15) is 0 Å². The Hall–Kier alpha value is -3.28. The molecule has 0 aromatic heterocycles. The molecule has 1 aliphatic rings. The van der Waals surface area contributed by atoms with Crippen LogP contribution in [0.1, 0.15) is 51.3 Å². The van der Waals surface area contributed by atoms with Crippen LogP contribution in [0, 0.1) is 11.8 Å². The van der Waals surface area contributed by atoms with E-state index < -0.39 is 17.5 Å². The number of piperidine rings is 1. The number of benzene rings is 2. The first kappa shape index (κ1) is 21.4. The predicted octanol–water partition coefficient (Wildman–Crippen LogP) is 3.41. The zero-order valence-electron chi connectivity index (χ0n) is 17.2. The van der Waals surface area contributed by atoms with Gasteiger partial charge in [-0.3, -0.25) is 14.4 Å². The van der Waals surface area contributed by atoms with Gasteiger partial charge >= 0.3 is 5.97 Å². The largest absolute Gasteiger partial charge is 0.452 e. The molecular weight excluding hydrogens is 382 g/mol. The number of carbonyl (C=O) groups is 4. The highest BCUT2D eigenvalue weighted by Gasteiger charge is 2.26. The second-order valence-electron chi connectivity index (χ2n) is 7.92. The number of amides is 1. The average molecular weight is 407 g/mol. The minimum absolute atomic E-state index is 0.188. The number of hydrogen-bond acceptors (Lipinski definition) is 5. The quantitative estimate of drug-likeness (QED) is 0.416. The van der Waals surface area contributed by atoms with Gasteiger partial charge < -0.3 is 9.64 Å². The first-order chi connectivity index (χ1) is 14.3. The number of Topliss-reactive ketones (excluding diaryl/α,β-unsaturated/α-hetero) is 2. The lowest BCUT2D eigenvalue weighted by atomic mass is 9.92. The molecule has 3 rings (SSSR count). The van der Waals surface area contributed by atoms with Crippen molar-refractivity contribution in [3.8, 4) is 0 Å². The minimum Gasteiger partial charge on any atom is -0.452 e. The van der Waals surface area contributed by atoms with Crippen molar-refractivity contribution in [2.45, 2.75) is 20.3 Å². The number of likely N-dealkylation sites (tertiary alicyclic amines) is 1. The molecule has 1 fully saturated rings. The van der Waals surface area contributed by atoms with Crippen LogP contribution in [0.25, 0.3) is 0 Å². The number of rotatable bonds is 6. The van der Waals surface area contributed by atoms with Crippen LogP contribution in [0.5, 0.6) is 0 Å². The van der Waals surface area contributed by atoms with E-state index in [-0.39, 0.29) is 23.6 Å². The Morgan fingerprint density at radius 1 is 0.800 bits per heavy atom. The van der Waals surface area contributed by atoms with Crippen molar-refractivity contribution in [3.63, 3.8) is 0 Å². The van der Waals surface area contributed by atoms with E-state index >= 15 is 0 Å². The zero-order valence-corrected chi connectivity index (χ0v) is 17.2. The Labute approximate surface area is 175 Å². The summed E-state index contributed by atoms with van der Waals surface area (Å²) in [6.07, 6.45) is 1.08. The lowest BCUT2D eigenvalue weighted by Crippen LogP contribution is -2.44. The van der Waals surface area contributed by atoms with Gasteiger partial charge in [-0.15, -0.1) is 0 Å². The summed E-state index contributed by atoms with van der Waals surface area (Å²) >= 11 is 0. The van der Waals surface area contributed by atoms with E-state index in [1.807, 2.05) is 0 Å². The molecule has 0 spiro atoms. The summed E-state index contributed by atoms with van der Waals surface area (Å²) in [4.78, 5) is 50.9. The van der Waals surface area contributed by atoms with Gasteiger partial charge in [-0.25, -0.2) is 4.79 Å². The van der Waals surface area contributed by atoms with Crippen molar-refractivity contribution in [1.29, 1.82) is 0 Å². The van der Waals surface area contributed by atoms with Gasteiger partial charge in [0.25, 0.3) is 5.91 Å². The van der Waals surface area contributed by atoms with Crippen molar-refractivity contribution >= 4 is 23.4 Å².